The Morgan fingerprint density at radius 3 is 2.49 bits per heavy atom. The molecule has 1 heterocycles. The second-order valence-electron chi connectivity index (χ2n) is 11.2. The topological polar surface area (TPSA) is 82.9 Å². The van der Waals surface area contributed by atoms with Crippen molar-refractivity contribution >= 4 is 22.9 Å². The minimum absolute atomic E-state index is 0.0416. The largest absolute Gasteiger partial charge is 0.496 e. The molecular weight excluding hydrogens is 508 g/mol. The molecule has 2 saturated carbocycles. The van der Waals surface area contributed by atoms with E-state index in [2.05, 4.69) is 36.2 Å². The van der Waals surface area contributed by atoms with Crippen molar-refractivity contribution in [3.05, 3.63) is 64.8 Å². The van der Waals surface area contributed by atoms with E-state index in [1.807, 2.05) is 23.1 Å². The second-order valence-corrected chi connectivity index (χ2v) is 12.3. The zero-order valence-corrected chi connectivity index (χ0v) is 23.8. The number of benzene rings is 2. The fourth-order valence-corrected chi connectivity index (χ4v) is 7.08. The lowest BCUT2D eigenvalue weighted by Gasteiger charge is -2.36. The lowest BCUT2D eigenvalue weighted by molar-refractivity contribution is -0.124. The molecule has 2 aromatic carbocycles. The van der Waals surface area contributed by atoms with Gasteiger partial charge in [0.2, 0.25) is 5.91 Å². The van der Waals surface area contributed by atoms with Gasteiger partial charge in [-0.05, 0) is 105 Å². The van der Waals surface area contributed by atoms with Gasteiger partial charge in [0.05, 0.1) is 24.7 Å². The molecule has 5 rings (SSSR count). The molecule has 0 saturated heterocycles. The van der Waals surface area contributed by atoms with Crippen LogP contribution in [0.1, 0.15) is 73.4 Å². The monoisotopic (exact) mass is 548 g/mol. The Balaban J connectivity index is 1.33. The summed E-state index contributed by atoms with van der Waals surface area (Å²) in [5.74, 6) is 2.08. The van der Waals surface area contributed by atoms with Crippen LogP contribution in [-0.4, -0.2) is 40.9 Å². The Hall–Kier alpha value is -2.74. The zero-order valence-electron chi connectivity index (χ0n) is 23.0. The van der Waals surface area contributed by atoms with Gasteiger partial charge < -0.3 is 19.8 Å². The number of thiazole rings is 1. The third-order valence-electron chi connectivity index (χ3n) is 8.62. The van der Waals surface area contributed by atoms with Gasteiger partial charge in [-0.3, -0.25) is 4.79 Å². The van der Waals surface area contributed by atoms with Crippen LogP contribution in [0.4, 0.5) is 5.69 Å². The van der Waals surface area contributed by atoms with E-state index in [-0.39, 0.29) is 24.5 Å². The van der Waals surface area contributed by atoms with Crippen LogP contribution in [0.2, 0.25) is 0 Å². The third kappa shape index (κ3) is 6.53. The van der Waals surface area contributed by atoms with Gasteiger partial charge in [0.15, 0.2) is 0 Å². The maximum atomic E-state index is 14.0. The average Bonchev–Trinajstić information content (AvgIpc) is 3.46. The van der Waals surface area contributed by atoms with Crippen LogP contribution in [0.15, 0.2) is 48.7 Å². The van der Waals surface area contributed by atoms with E-state index < -0.39 is 0 Å². The molecule has 0 atom stereocenters. The summed E-state index contributed by atoms with van der Waals surface area (Å²) in [4.78, 5) is 21.3. The number of nitrogens with zero attached hydrogens (tertiary/aromatic N) is 2. The summed E-state index contributed by atoms with van der Waals surface area (Å²) in [5, 5.41) is 20.2. The number of carbonyl (C=O) groups excluding carboxylic acids is 1. The molecule has 2 N–H and O–H groups in total. The van der Waals surface area contributed by atoms with Crippen LogP contribution in [0, 0.1) is 18.8 Å². The molecule has 0 bridgehead atoms. The first kappa shape index (κ1) is 27.8. The Kier molecular flexibility index (Phi) is 9.00. The van der Waals surface area contributed by atoms with E-state index in [4.69, 9.17) is 4.74 Å². The molecule has 0 radical (unpaired) electrons. The predicted molar refractivity (Wildman–Crippen MR) is 156 cm³/mol. The standard InChI is InChI=1S/C32H40N2O4S/c1-21-16-25(12-15-29(21)38-2)23-8-6-22(7-9-23)19-34(32(37)24-10-13-28(36)14-11-24)27-5-3-4-26(17-27)30-18-33-31(20-35)39-30/h3-5,12,15-18,22-24,28,35-36H,6-11,13-14,19-20H2,1-2H3/t22-,23-,24-,28-. The van der Waals surface area contributed by atoms with E-state index in [0.29, 0.717) is 29.7 Å². The fraction of sp³-hybridized carbons (Fsp3) is 0.500. The quantitative estimate of drug-likeness (QED) is 0.337. The lowest BCUT2D eigenvalue weighted by atomic mass is 9.78. The summed E-state index contributed by atoms with van der Waals surface area (Å²) in [6.45, 7) is 2.76. The van der Waals surface area contributed by atoms with E-state index in [0.717, 1.165) is 66.9 Å². The Morgan fingerprint density at radius 2 is 1.82 bits per heavy atom. The van der Waals surface area contributed by atoms with E-state index in [1.54, 1.807) is 13.3 Å². The Bertz CT molecular complexity index is 1260. The number of hydrogen-bond acceptors (Lipinski definition) is 6. The molecule has 39 heavy (non-hydrogen) atoms. The predicted octanol–water partition coefficient (Wildman–Crippen LogP) is 6.48. The minimum atomic E-state index is -0.283. The summed E-state index contributed by atoms with van der Waals surface area (Å²) in [7, 11) is 1.72. The average molecular weight is 549 g/mol. The van der Waals surface area contributed by atoms with Gasteiger partial charge >= 0.3 is 0 Å². The van der Waals surface area contributed by atoms with Crippen molar-refractivity contribution in [2.75, 3.05) is 18.6 Å². The zero-order chi connectivity index (χ0) is 27.4. The third-order valence-corrected chi connectivity index (χ3v) is 9.65. The van der Waals surface area contributed by atoms with Crippen LogP contribution in [0.5, 0.6) is 5.75 Å². The van der Waals surface area contributed by atoms with Gasteiger partial charge in [-0.15, -0.1) is 11.3 Å². The van der Waals surface area contributed by atoms with Crippen molar-refractivity contribution in [3.8, 4) is 16.2 Å². The van der Waals surface area contributed by atoms with Crippen molar-refractivity contribution in [3.63, 3.8) is 0 Å². The number of aliphatic hydroxyl groups excluding tert-OH is 2. The molecule has 1 amide bonds. The number of methoxy groups -OCH3 is 1. The SMILES string of the molecule is COc1ccc([C@H]2CC[C@H](CN(c3cccc(-c4cnc(CO)s4)c3)C(=O)[C@H]3CC[C@H](O)CC3)CC2)cc1C. The number of rotatable bonds is 8. The first-order chi connectivity index (χ1) is 18.9. The number of hydrogen-bond donors (Lipinski definition) is 2. The summed E-state index contributed by atoms with van der Waals surface area (Å²) in [6.07, 6.45) is 8.83. The van der Waals surface area contributed by atoms with Crippen LogP contribution in [-0.2, 0) is 11.4 Å². The number of aliphatic hydroxyl groups is 2. The van der Waals surface area contributed by atoms with E-state index >= 15 is 0 Å². The van der Waals surface area contributed by atoms with Crippen LogP contribution in [0.25, 0.3) is 10.4 Å². The minimum Gasteiger partial charge on any atom is -0.496 e. The van der Waals surface area contributed by atoms with Crippen molar-refractivity contribution in [2.45, 2.75) is 76.9 Å². The molecule has 3 aromatic rings. The van der Waals surface area contributed by atoms with E-state index in [1.165, 1.54) is 22.5 Å². The van der Waals surface area contributed by atoms with Crippen molar-refractivity contribution in [1.29, 1.82) is 0 Å². The van der Waals surface area contributed by atoms with Gasteiger partial charge in [0, 0.05) is 24.3 Å². The van der Waals surface area contributed by atoms with Gasteiger partial charge in [0.25, 0.3) is 0 Å². The summed E-state index contributed by atoms with van der Waals surface area (Å²) in [6, 6.07) is 14.7. The molecule has 2 aliphatic carbocycles. The summed E-state index contributed by atoms with van der Waals surface area (Å²) >= 11 is 1.48. The highest BCUT2D eigenvalue weighted by molar-refractivity contribution is 7.15. The Labute approximate surface area is 235 Å². The van der Waals surface area contributed by atoms with Crippen molar-refractivity contribution in [1.82, 2.24) is 4.98 Å². The van der Waals surface area contributed by atoms with Crippen molar-refractivity contribution in [2.24, 2.45) is 11.8 Å². The molecule has 6 nitrogen and oxygen atoms in total. The summed E-state index contributed by atoms with van der Waals surface area (Å²) < 4.78 is 5.45. The fourth-order valence-electron chi connectivity index (χ4n) is 6.30. The van der Waals surface area contributed by atoms with Crippen LogP contribution in [0.3, 0.4) is 0 Å². The molecule has 1 aromatic heterocycles. The highest BCUT2D eigenvalue weighted by Crippen LogP contribution is 2.39. The molecule has 2 aliphatic rings. The van der Waals surface area contributed by atoms with Crippen LogP contribution < -0.4 is 9.64 Å². The highest BCUT2D eigenvalue weighted by atomic mass is 32.1. The number of aromatic nitrogens is 1. The number of aryl methyl sites for hydroxylation is 1. The van der Waals surface area contributed by atoms with Gasteiger partial charge in [-0.1, -0.05) is 24.3 Å². The molecule has 7 heteroatoms. The summed E-state index contributed by atoms with van der Waals surface area (Å²) in [5.41, 5.74) is 4.51. The van der Waals surface area contributed by atoms with Gasteiger partial charge in [0.1, 0.15) is 10.8 Å². The number of anilines is 1. The van der Waals surface area contributed by atoms with Crippen LogP contribution >= 0.6 is 11.3 Å². The molecule has 0 unspecified atom stereocenters. The first-order valence-corrected chi connectivity index (χ1v) is 15.1. The Morgan fingerprint density at radius 1 is 1.05 bits per heavy atom. The van der Waals surface area contributed by atoms with Gasteiger partial charge in [-0.25, -0.2) is 4.98 Å². The van der Waals surface area contributed by atoms with Gasteiger partial charge in [-0.2, -0.15) is 0 Å². The maximum absolute atomic E-state index is 14.0. The smallest absolute Gasteiger partial charge is 0.230 e. The molecule has 0 aliphatic heterocycles. The number of carbonyl (C=O) groups is 1. The molecule has 208 valence electrons. The first-order valence-electron chi connectivity index (χ1n) is 14.2. The second kappa shape index (κ2) is 12.6. The number of ether oxygens (including phenoxy) is 1. The number of amides is 1. The van der Waals surface area contributed by atoms with E-state index in [9.17, 15) is 15.0 Å². The molecular formula is C32H40N2O4S. The van der Waals surface area contributed by atoms with Crippen molar-refractivity contribution < 1.29 is 19.7 Å². The highest BCUT2D eigenvalue weighted by Gasteiger charge is 2.32. The normalized spacial score (nSPS) is 23.4. The maximum Gasteiger partial charge on any atom is 0.230 e. The lowest BCUT2D eigenvalue weighted by Crippen LogP contribution is -2.41. The molecule has 0 spiro atoms. The molecule has 2 fully saturated rings.